The van der Waals surface area contributed by atoms with Crippen molar-refractivity contribution in [3.05, 3.63) is 35.6 Å². The number of methoxy groups -OCH3 is 1. The van der Waals surface area contributed by atoms with Gasteiger partial charge in [-0.15, -0.1) is 0 Å². The molecule has 1 atom stereocenters. The lowest BCUT2D eigenvalue weighted by Crippen LogP contribution is -2.49. The molecule has 0 radical (unpaired) electrons. The normalized spacial score (nSPS) is 20.9. The molecule has 2 amide bonds. The first-order valence-electron chi connectivity index (χ1n) is 10.9. The van der Waals surface area contributed by atoms with E-state index >= 15 is 0 Å². The number of likely N-dealkylation sites (tertiary alicyclic amines) is 2. The first-order chi connectivity index (χ1) is 14.1. The lowest BCUT2D eigenvalue weighted by atomic mass is 9.90. The second kappa shape index (κ2) is 10.7. The molecule has 2 fully saturated rings. The van der Waals surface area contributed by atoms with E-state index in [0.29, 0.717) is 38.3 Å². The van der Waals surface area contributed by atoms with Crippen LogP contribution in [-0.2, 0) is 20.7 Å². The molecule has 1 aromatic carbocycles. The van der Waals surface area contributed by atoms with Crippen molar-refractivity contribution in [1.82, 2.24) is 9.80 Å². The van der Waals surface area contributed by atoms with Gasteiger partial charge in [0.1, 0.15) is 5.82 Å². The Balaban J connectivity index is 1.47. The van der Waals surface area contributed by atoms with Gasteiger partial charge in [-0.25, -0.2) is 4.39 Å². The second-order valence-corrected chi connectivity index (χ2v) is 8.36. The lowest BCUT2D eigenvalue weighted by molar-refractivity contribution is -0.144. The van der Waals surface area contributed by atoms with Crippen molar-refractivity contribution in [3.63, 3.8) is 0 Å². The summed E-state index contributed by atoms with van der Waals surface area (Å²) in [6, 6.07) is 6.49. The molecule has 6 heteroatoms. The molecule has 3 rings (SSSR count). The predicted molar refractivity (Wildman–Crippen MR) is 110 cm³/mol. The van der Waals surface area contributed by atoms with Crippen molar-refractivity contribution in [2.45, 2.75) is 44.9 Å². The molecule has 0 saturated carbocycles. The third kappa shape index (κ3) is 6.26. The zero-order chi connectivity index (χ0) is 20.6. The molecule has 0 aromatic heterocycles. The molecule has 29 heavy (non-hydrogen) atoms. The molecule has 160 valence electrons. The molecule has 2 heterocycles. The molecule has 0 bridgehead atoms. The van der Waals surface area contributed by atoms with Gasteiger partial charge in [0.15, 0.2) is 0 Å². The summed E-state index contributed by atoms with van der Waals surface area (Å²) in [6.45, 7) is 3.48. The van der Waals surface area contributed by atoms with Gasteiger partial charge in [0.25, 0.3) is 0 Å². The quantitative estimate of drug-likeness (QED) is 0.625. The lowest BCUT2D eigenvalue weighted by Gasteiger charge is -2.38. The molecule has 1 aromatic rings. The van der Waals surface area contributed by atoms with Gasteiger partial charge in [0.05, 0.1) is 5.92 Å². The van der Waals surface area contributed by atoms with Crippen molar-refractivity contribution in [2.24, 2.45) is 11.8 Å². The first-order valence-corrected chi connectivity index (χ1v) is 10.9. The van der Waals surface area contributed by atoms with Crippen molar-refractivity contribution < 1.29 is 18.7 Å². The van der Waals surface area contributed by atoms with E-state index in [1.807, 2.05) is 11.0 Å². The minimum absolute atomic E-state index is 0.0994. The smallest absolute Gasteiger partial charge is 0.227 e. The van der Waals surface area contributed by atoms with Crippen LogP contribution in [0.3, 0.4) is 0 Å². The van der Waals surface area contributed by atoms with Crippen LogP contribution in [0.15, 0.2) is 24.3 Å². The molecule has 0 spiro atoms. The predicted octanol–water partition coefficient (Wildman–Crippen LogP) is 3.27. The van der Waals surface area contributed by atoms with Crippen LogP contribution in [0.2, 0.25) is 0 Å². The monoisotopic (exact) mass is 404 g/mol. The van der Waals surface area contributed by atoms with Crippen molar-refractivity contribution in [3.8, 4) is 0 Å². The Labute approximate surface area is 173 Å². The third-order valence-corrected chi connectivity index (χ3v) is 6.30. The van der Waals surface area contributed by atoms with E-state index in [4.69, 9.17) is 4.74 Å². The van der Waals surface area contributed by atoms with Gasteiger partial charge in [0.2, 0.25) is 11.8 Å². The van der Waals surface area contributed by atoms with E-state index < -0.39 is 0 Å². The number of halogens is 1. The summed E-state index contributed by atoms with van der Waals surface area (Å²) in [5.41, 5.74) is 0.877. The Morgan fingerprint density at radius 3 is 2.76 bits per heavy atom. The average molecular weight is 405 g/mol. The average Bonchev–Trinajstić information content (AvgIpc) is 2.73. The molecule has 5 nitrogen and oxygen atoms in total. The highest BCUT2D eigenvalue weighted by atomic mass is 19.1. The second-order valence-electron chi connectivity index (χ2n) is 8.36. The summed E-state index contributed by atoms with van der Waals surface area (Å²) in [6.07, 6.45) is 6.04. The summed E-state index contributed by atoms with van der Waals surface area (Å²) in [4.78, 5) is 29.1. The molecule has 2 aliphatic rings. The Morgan fingerprint density at radius 1 is 1.24 bits per heavy atom. The van der Waals surface area contributed by atoms with Crippen molar-refractivity contribution in [2.75, 3.05) is 39.9 Å². The number of amides is 2. The number of nitrogens with zero attached hydrogens (tertiary/aromatic N) is 2. The Morgan fingerprint density at radius 2 is 2.03 bits per heavy atom. The van der Waals surface area contributed by atoms with Gasteiger partial charge in [-0.3, -0.25) is 9.59 Å². The van der Waals surface area contributed by atoms with E-state index in [1.54, 1.807) is 18.1 Å². The van der Waals surface area contributed by atoms with Gasteiger partial charge >= 0.3 is 0 Å². The maximum Gasteiger partial charge on any atom is 0.227 e. The van der Waals surface area contributed by atoms with Gasteiger partial charge in [-0.1, -0.05) is 12.1 Å². The molecular weight excluding hydrogens is 371 g/mol. The summed E-state index contributed by atoms with van der Waals surface area (Å²) < 4.78 is 18.5. The number of piperidine rings is 2. The van der Waals surface area contributed by atoms with Gasteiger partial charge in [-0.2, -0.15) is 0 Å². The molecule has 2 aliphatic heterocycles. The number of hydrogen-bond donors (Lipinski definition) is 0. The van der Waals surface area contributed by atoms with E-state index in [2.05, 4.69) is 0 Å². The zero-order valence-corrected chi connectivity index (χ0v) is 17.4. The highest BCUT2D eigenvalue weighted by Gasteiger charge is 2.33. The van der Waals surface area contributed by atoms with Crippen LogP contribution in [-0.4, -0.2) is 61.5 Å². The fourth-order valence-corrected chi connectivity index (χ4v) is 4.51. The standard InChI is InChI=1S/C23H33FN2O3/c1-29-15-3-5-18-9-12-25(13-10-18)23(28)20-7-8-22(27)26(17-20)14-11-19-4-2-6-21(24)16-19/h2,4,6,16,18,20H,3,5,7-15,17H2,1H3/t20-/m0/s1. The van der Waals surface area contributed by atoms with E-state index in [1.165, 1.54) is 18.6 Å². The Bertz CT molecular complexity index is 688. The van der Waals surface area contributed by atoms with E-state index in [9.17, 15) is 14.0 Å². The third-order valence-electron chi connectivity index (χ3n) is 6.30. The van der Waals surface area contributed by atoms with Gasteiger partial charge in [-0.05, 0) is 62.1 Å². The van der Waals surface area contributed by atoms with Crippen LogP contribution >= 0.6 is 0 Å². The van der Waals surface area contributed by atoms with Crippen LogP contribution < -0.4 is 0 Å². The summed E-state index contributed by atoms with van der Waals surface area (Å²) in [5.74, 6) is 0.618. The SMILES string of the molecule is COCCCC1CCN(C(=O)[C@H]2CCC(=O)N(CCc3cccc(F)c3)C2)CC1. The van der Waals surface area contributed by atoms with Gasteiger partial charge < -0.3 is 14.5 Å². The van der Waals surface area contributed by atoms with E-state index in [0.717, 1.165) is 44.5 Å². The fraction of sp³-hybridized carbons (Fsp3) is 0.652. The topological polar surface area (TPSA) is 49.9 Å². The zero-order valence-electron chi connectivity index (χ0n) is 17.4. The van der Waals surface area contributed by atoms with Crippen molar-refractivity contribution >= 4 is 11.8 Å². The largest absolute Gasteiger partial charge is 0.385 e. The Kier molecular flexibility index (Phi) is 8.04. The number of carbonyl (C=O) groups excluding carboxylic acids is 2. The molecule has 0 aliphatic carbocycles. The highest BCUT2D eigenvalue weighted by Crippen LogP contribution is 2.26. The van der Waals surface area contributed by atoms with Crippen LogP contribution in [0.5, 0.6) is 0 Å². The van der Waals surface area contributed by atoms with Crippen LogP contribution in [0.25, 0.3) is 0 Å². The minimum atomic E-state index is -0.258. The molecule has 0 N–H and O–H groups in total. The fourth-order valence-electron chi connectivity index (χ4n) is 4.51. The Hall–Kier alpha value is -1.95. The first kappa shape index (κ1) is 21.8. The van der Waals surface area contributed by atoms with Crippen LogP contribution in [0.4, 0.5) is 4.39 Å². The molecule has 0 unspecified atom stereocenters. The summed E-state index contributed by atoms with van der Waals surface area (Å²) in [5, 5.41) is 0. The number of ether oxygens (including phenoxy) is 1. The van der Waals surface area contributed by atoms with E-state index in [-0.39, 0.29) is 23.5 Å². The maximum absolute atomic E-state index is 13.4. The molecular formula is C23H33FN2O3. The van der Waals surface area contributed by atoms with Crippen molar-refractivity contribution in [1.29, 1.82) is 0 Å². The highest BCUT2D eigenvalue weighted by molar-refractivity contribution is 5.84. The number of benzene rings is 1. The summed E-state index contributed by atoms with van der Waals surface area (Å²) in [7, 11) is 1.73. The summed E-state index contributed by atoms with van der Waals surface area (Å²) >= 11 is 0. The van der Waals surface area contributed by atoms with Crippen LogP contribution in [0, 0.1) is 17.7 Å². The minimum Gasteiger partial charge on any atom is -0.385 e. The molecule has 2 saturated heterocycles. The number of carbonyl (C=O) groups is 2. The maximum atomic E-state index is 13.4. The van der Waals surface area contributed by atoms with Crippen LogP contribution in [0.1, 0.15) is 44.1 Å². The van der Waals surface area contributed by atoms with Gasteiger partial charge in [0, 0.05) is 46.3 Å². The number of hydrogen-bond acceptors (Lipinski definition) is 3. The number of rotatable bonds is 8.